The molecular weight excluding hydrogens is 450 g/mol. The standard InChI is InChI=1S/C35H23NO/c1-3-11-24(12-4-1)31-21-25-13-7-8-14-26(25)22-32(31)34-28-17-9-10-18-29(28)35(30-19-20-36-23-33(30)34)37-27-15-5-2-6-16-27/h1-23H. The van der Waals surface area contributed by atoms with Crippen LogP contribution < -0.4 is 4.74 Å². The minimum atomic E-state index is 0.814. The summed E-state index contributed by atoms with van der Waals surface area (Å²) in [6.45, 7) is 0. The van der Waals surface area contributed by atoms with Crippen molar-refractivity contribution in [2.75, 3.05) is 0 Å². The predicted molar refractivity (Wildman–Crippen MR) is 154 cm³/mol. The molecule has 6 aromatic carbocycles. The maximum atomic E-state index is 6.55. The number of nitrogens with zero attached hydrogens (tertiary/aromatic N) is 1. The average Bonchev–Trinajstić information content (AvgIpc) is 2.97. The molecule has 0 N–H and O–H groups in total. The van der Waals surface area contributed by atoms with Gasteiger partial charge in [-0.25, -0.2) is 0 Å². The van der Waals surface area contributed by atoms with Crippen LogP contribution in [0.4, 0.5) is 0 Å². The summed E-state index contributed by atoms with van der Waals surface area (Å²) < 4.78 is 6.55. The third kappa shape index (κ3) is 3.71. The Morgan fingerprint density at radius 2 is 1.08 bits per heavy atom. The van der Waals surface area contributed by atoms with E-state index in [2.05, 4.69) is 102 Å². The van der Waals surface area contributed by atoms with Crippen molar-refractivity contribution in [3.05, 3.63) is 140 Å². The number of pyridine rings is 1. The Balaban J connectivity index is 1.61. The Morgan fingerprint density at radius 1 is 0.486 bits per heavy atom. The van der Waals surface area contributed by atoms with Crippen LogP contribution in [-0.2, 0) is 0 Å². The molecule has 174 valence electrons. The highest BCUT2D eigenvalue weighted by Gasteiger charge is 2.20. The molecule has 0 atom stereocenters. The van der Waals surface area contributed by atoms with E-state index in [-0.39, 0.29) is 0 Å². The van der Waals surface area contributed by atoms with E-state index in [1.54, 1.807) is 0 Å². The molecule has 2 heteroatoms. The Morgan fingerprint density at radius 3 is 1.84 bits per heavy atom. The fraction of sp³-hybridized carbons (Fsp3) is 0. The van der Waals surface area contributed by atoms with Gasteiger partial charge in [0.1, 0.15) is 11.5 Å². The van der Waals surface area contributed by atoms with Crippen molar-refractivity contribution in [1.29, 1.82) is 0 Å². The molecule has 0 aliphatic rings. The summed E-state index contributed by atoms with van der Waals surface area (Å²) in [6.07, 6.45) is 3.82. The molecule has 0 saturated heterocycles. The van der Waals surface area contributed by atoms with Gasteiger partial charge in [-0.3, -0.25) is 4.98 Å². The molecule has 0 spiro atoms. The monoisotopic (exact) mass is 473 g/mol. The molecule has 1 heterocycles. The Hall–Kier alpha value is -4.95. The normalized spacial score (nSPS) is 11.2. The van der Waals surface area contributed by atoms with E-state index in [9.17, 15) is 0 Å². The summed E-state index contributed by atoms with van der Waals surface area (Å²) >= 11 is 0. The predicted octanol–water partition coefficient (Wildman–Crippen LogP) is 9.67. The summed E-state index contributed by atoms with van der Waals surface area (Å²) in [7, 11) is 0. The second-order valence-corrected chi connectivity index (χ2v) is 9.20. The fourth-order valence-corrected chi connectivity index (χ4v) is 5.29. The summed E-state index contributed by atoms with van der Waals surface area (Å²) in [5, 5.41) is 6.76. The molecule has 0 unspecified atom stereocenters. The lowest BCUT2D eigenvalue weighted by atomic mass is 9.86. The number of hydrogen-bond acceptors (Lipinski definition) is 2. The van der Waals surface area contributed by atoms with Gasteiger partial charge in [0.15, 0.2) is 0 Å². The maximum Gasteiger partial charge on any atom is 0.143 e. The van der Waals surface area contributed by atoms with Crippen molar-refractivity contribution in [1.82, 2.24) is 4.98 Å². The van der Waals surface area contributed by atoms with Gasteiger partial charge in [0.25, 0.3) is 0 Å². The molecule has 0 fully saturated rings. The van der Waals surface area contributed by atoms with Crippen LogP contribution in [0.1, 0.15) is 0 Å². The van der Waals surface area contributed by atoms with Gasteiger partial charge in [-0.2, -0.15) is 0 Å². The first-order valence-electron chi connectivity index (χ1n) is 12.5. The summed E-state index contributed by atoms with van der Waals surface area (Å²) in [5.74, 6) is 1.67. The van der Waals surface area contributed by atoms with Gasteiger partial charge >= 0.3 is 0 Å². The van der Waals surface area contributed by atoms with E-state index in [1.165, 1.54) is 33.0 Å². The second-order valence-electron chi connectivity index (χ2n) is 9.20. The van der Waals surface area contributed by atoms with Crippen LogP contribution in [-0.4, -0.2) is 4.98 Å². The van der Waals surface area contributed by atoms with Gasteiger partial charge in [-0.15, -0.1) is 0 Å². The van der Waals surface area contributed by atoms with Crippen LogP contribution in [0.25, 0.3) is 54.6 Å². The molecule has 1 aromatic heterocycles. The summed E-state index contributed by atoms with van der Waals surface area (Å²) in [6, 6.07) is 44.4. The minimum Gasteiger partial charge on any atom is -0.456 e. The van der Waals surface area contributed by atoms with E-state index < -0.39 is 0 Å². The molecule has 0 bridgehead atoms. The first kappa shape index (κ1) is 21.3. The average molecular weight is 474 g/mol. The molecule has 0 amide bonds. The van der Waals surface area contributed by atoms with E-state index in [0.717, 1.165) is 33.0 Å². The number of ether oxygens (including phenoxy) is 1. The zero-order valence-corrected chi connectivity index (χ0v) is 20.1. The van der Waals surface area contributed by atoms with Gasteiger partial charge in [0, 0.05) is 28.6 Å². The van der Waals surface area contributed by atoms with Crippen molar-refractivity contribution >= 4 is 32.3 Å². The van der Waals surface area contributed by atoms with E-state index in [4.69, 9.17) is 4.74 Å². The molecule has 0 saturated carbocycles. The smallest absolute Gasteiger partial charge is 0.143 e. The first-order valence-corrected chi connectivity index (χ1v) is 12.5. The van der Waals surface area contributed by atoms with Gasteiger partial charge in [0.05, 0.1) is 0 Å². The highest BCUT2D eigenvalue weighted by molar-refractivity contribution is 6.19. The van der Waals surface area contributed by atoms with Crippen molar-refractivity contribution in [2.45, 2.75) is 0 Å². The van der Waals surface area contributed by atoms with Gasteiger partial charge in [-0.1, -0.05) is 97.1 Å². The van der Waals surface area contributed by atoms with Crippen LogP contribution in [0.3, 0.4) is 0 Å². The summed E-state index contributed by atoms with van der Waals surface area (Å²) in [4.78, 5) is 4.56. The number of benzene rings is 6. The molecule has 0 radical (unpaired) electrons. The van der Waals surface area contributed by atoms with Crippen molar-refractivity contribution in [3.63, 3.8) is 0 Å². The second kappa shape index (κ2) is 8.92. The first-order chi connectivity index (χ1) is 18.4. The van der Waals surface area contributed by atoms with Crippen molar-refractivity contribution in [3.8, 4) is 33.8 Å². The van der Waals surface area contributed by atoms with Crippen LogP contribution >= 0.6 is 0 Å². The molecule has 7 aromatic rings. The summed E-state index contributed by atoms with van der Waals surface area (Å²) in [5.41, 5.74) is 4.74. The molecule has 7 rings (SSSR count). The van der Waals surface area contributed by atoms with Crippen LogP contribution in [0.2, 0.25) is 0 Å². The quantitative estimate of drug-likeness (QED) is 0.237. The highest BCUT2D eigenvalue weighted by Crippen LogP contribution is 2.47. The zero-order chi connectivity index (χ0) is 24.6. The van der Waals surface area contributed by atoms with E-state index in [1.807, 2.05) is 42.7 Å². The SMILES string of the molecule is c1ccc(Oc2c3ccccc3c(-c3cc4ccccc4cc3-c3ccccc3)c3cnccc23)cc1. The number of aromatic nitrogens is 1. The molecular formula is C35H23NO. The number of rotatable bonds is 4. The van der Waals surface area contributed by atoms with Crippen molar-refractivity contribution in [2.24, 2.45) is 0 Å². The lowest BCUT2D eigenvalue weighted by Crippen LogP contribution is -1.94. The fourth-order valence-electron chi connectivity index (χ4n) is 5.29. The number of para-hydroxylation sites is 1. The number of hydrogen-bond donors (Lipinski definition) is 0. The molecule has 0 aliphatic carbocycles. The number of fused-ring (bicyclic) bond motifs is 3. The largest absolute Gasteiger partial charge is 0.456 e. The lowest BCUT2D eigenvalue weighted by Gasteiger charge is -2.20. The zero-order valence-electron chi connectivity index (χ0n) is 20.1. The highest BCUT2D eigenvalue weighted by atomic mass is 16.5. The molecule has 37 heavy (non-hydrogen) atoms. The van der Waals surface area contributed by atoms with E-state index >= 15 is 0 Å². The van der Waals surface area contributed by atoms with Crippen LogP contribution in [0, 0.1) is 0 Å². The third-order valence-electron chi connectivity index (χ3n) is 6.98. The Labute approximate surface area is 215 Å². The van der Waals surface area contributed by atoms with Crippen LogP contribution in [0.15, 0.2) is 140 Å². The topological polar surface area (TPSA) is 22.1 Å². The van der Waals surface area contributed by atoms with Gasteiger partial charge in [0.2, 0.25) is 0 Å². The third-order valence-corrected chi connectivity index (χ3v) is 6.98. The Kier molecular flexibility index (Phi) is 5.15. The van der Waals surface area contributed by atoms with Crippen molar-refractivity contribution < 1.29 is 4.74 Å². The molecule has 2 nitrogen and oxygen atoms in total. The van der Waals surface area contributed by atoms with E-state index in [0.29, 0.717) is 0 Å². The molecule has 0 aliphatic heterocycles. The lowest BCUT2D eigenvalue weighted by molar-refractivity contribution is 0.494. The van der Waals surface area contributed by atoms with Crippen LogP contribution in [0.5, 0.6) is 11.5 Å². The van der Waals surface area contributed by atoms with Gasteiger partial charge in [-0.05, 0) is 68.7 Å². The van der Waals surface area contributed by atoms with Gasteiger partial charge < -0.3 is 4.74 Å². The minimum absolute atomic E-state index is 0.814. The maximum absolute atomic E-state index is 6.55. The Bertz CT molecular complexity index is 1840.